The molecule has 0 spiro atoms. The standard InChI is InChI=1S/C27H32NO2.BrH/c1-27(24-9-5-3-7-22(24)23-8-4-6-10-25(23)27)26(29)30-21-15-19-13-14-20(16-21)28(19,2)17-18-11-12-18;/h3-10,18-21H,11-17H2,1-2H3;1H/q+1;/p-1. The minimum atomic E-state index is -0.712. The van der Waals surface area contributed by atoms with Gasteiger partial charge in [0.25, 0.3) is 0 Å². The average molecular weight is 482 g/mol. The van der Waals surface area contributed by atoms with Crippen molar-refractivity contribution in [3.05, 3.63) is 59.7 Å². The molecule has 0 N–H and O–H groups in total. The predicted octanol–water partition coefficient (Wildman–Crippen LogP) is 2.07. The van der Waals surface area contributed by atoms with Crippen molar-refractivity contribution in [1.82, 2.24) is 0 Å². The summed E-state index contributed by atoms with van der Waals surface area (Å²) < 4.78 is 7.58. The molecule has 31 heavy (non-hydrogen) atoms. The van der Waals surface area contributed by atoms with E-state index in [4.69, 9.17) is 4.74 Å². The Balaban J connectivity index is 0.00000204. The zero-order chi connectivity index (χ0) is 20.5. The van der Waals surface area contributed by atoms with Crippen molar-refractivity contribution in [2.24, 2.45) is 5.92 Å². The molecule has 6 rings (SSSR count). The van der Waals surface area contributed by atoms with Crippen LogP contribution >= 0.6 is 0 Å². The molecule has 2 aliphatic heterocycles. The van der Waals surface area contributed by atoms with Gasteiger partial charge in [-0.2, -0.15) is 0 Å². The van der Waals surface area contributed by atoms with Crippen LogP contribution in [0.3, 0.4) is 0 Å². The molecule has 0 aromatic heterocycles. The largest absolute Gasteiger partial charge is 1.00 e. The zero-order valence-electron chi connectivity index (χ0n) is 18.5. The fraction of sp³-hybridized carbons (Fsp3) is 0.519. The van der Waals surface area contributed by atoms with E-state index in [0.717, 1.165) is 29.9 Å². The van der Waals surface area contributed by atoms with E-state index in [9.17, 15) is 4.79 Å². The number of carbonyl (C=O) groups excluding carboxylic acids is 1. The Kier molecular flexibility index (Phi) is 5.10. The smallest absolute Gasteiger partial charge is 0.321 e. The van der Waals surface area contributed by atoms with Gasteiger partial charge in [0.15, 0.2) is 0 Å². The monoisotopic (exact) mass is 481 g/mol. The van der Waals surface area contributed by atoms with E-state index in [1.54, 1.807) is 0 Å². The third-order valence-electron chi connectivity index (χ3n) is 8.82. The minimum Gasteiger partial charge on any atom is -1.00 e. The predicted molar refractivity (Wildman–Crippen MR) is 118 cm³/mol. The second-order valence-corrected chi connectivity index (χ2v) is 10.6. The maximum atomic E-state index is 13.7. The minimum absolute atomic E-state index is 0. The number of esters is 1. The molecular weight excluding hydrogens is 450 g/mol. The summed E-state index contributed by atoms with van der Waals surface area (Å²) in [5.74, 6) is 0.880. The summed E-state index contributed by atoms with van der Waals surface area (Å²) in [6.07, 6.45) is 7.56. The molecule has 2 aromatic carbocycles. The van der Waals surface area contributed by atoms with Gasteiger partial charge in [0, 0.05) is 31.6 Å². The van der Waals surface area contributed by atoms with Crippen molar-refractivity contribution in [3.8, 4) is 11.1 Å². The highest BCUT2D eigenvalue weighted by Crippen LogP contribution is 2.50. The highest BCUT2D eigenvalue weighted by Gasteiger charge is 2.55. The lowest BCUT2D eigenvalue weighted by Crippen LogP contribution is -3.00. The molecule has 2 heterocycles. The highest BCUT2D eigenvalue weighted by molar-refractivity contribution is 5.97. The van der Waals surface area contributed by atoms with Gasteiger partial charge in [-0.05, 0) is 42.0 Å². The van der Waals surface area contributed by atoms with E-state index in [-0.39, 0.29) is 29.1 Å². The third kappa shape index (κ3) is 3.13. The van der Waals surface area contributed by atoms with Crippen LogP contribution in [0.5, 0.6) is 0 Å². The average Bonchev–Trinajstić information content (AvgIpc) is 3.51. The normalized spacial score (nSPS) is 32.0. The Hall–Kier alpha value is -1.65. The van der Waals surface area contributed by atoms with Gasteiger partial charge in [0.05, 0.1) is 25.7 Å². The van der Waals surface area contributed by atoms with Crippen LogP contribution in [0.25, 0.3) is 11.1 Å². The van der Waals surface area contributed by atoms with Crippen molar-refractivity contribution in [3.63, 3.8) is 0 Å². The molecule has 4 heteroatoms. The summed E-state index contributed by atoms with van der Waals surface area (Å²) in [5, 5.41) is 0. The van der Waals surface area contributed by atoms with Crippen LogP contribution in [-0.4, -0.2) is 42.2 Å². The summed E-state index contributed by atoms with van der Waals surface area (Å²) in [4.78, 5) is 13.7. The molecule has 3 nitrogen and oxygen atoms in total. The lowest BCUT2D eigenvalue weighted by Gasteiger charge is -2.47. The molecule has 0 radical (unpaired) electrons. The van der Waals surface area contributed by atoms with Crippen LogP contribution in [0.1, 0.15) is 56.6 Å². The van der Waals surface area contributed by atoms with Crippen LogP contribution in [0.4, 0.5) is 0 Å². The molecular formula is C27H32BrNO2. The first kappa shape index (κ1) is 21.2. The van der Waals surface area contributed by atoms with E-state index in [2.05, 4.69) is 50.4 Å². The number of carbonyl (C=O) groups is 1. The first-order chi connectivity index (χ1) is 14.5. The van der Waals surface area contributed by atoms with Crippen molar-refractivity contribution in [1.29, 1.82) is 0 Å². The Morgan fingerprint density at radius 3 is 1.97 bits per heavy atom. The van der Waals surface area contributed by atoms with Crippen molar-refractivity contribution >= 4 is 5.97 Å². The van der Waals surface area contributed by atoms with Gasteiger partial charge in [-0.1, -0.05) is 48.5 Å². The van der Waals surface area contributed by atoms with Crippen molar-refractivity contribution < 1.29 is 31.0 Å². The SMILES string of the molecule is CC1(C(=O)OC2CC3CCC(C2)[N+]3(C)CC2CC2)c2ccccc2-c2ccccc21.[Br-]. The summed E-state index contributed by atoms with van der Waals surface area (Å²) in [6.45, 7) is 3.40. The van der Waals surface area contributed by atoms with Crippen LogP contribution < -0.4 is 17.0 Å². The lowest BCUT2D eigenvalue weighted by molar-refractivity contribution is -0.950. The van der Waals surface area contributed by atoms with E-state index in [1.807, 2.05) is 12.1 Å². The molecule has 164 valence electrons. The summed E-state index contributed by atoms with van der Waals surface area (Å²) >= 11 is 0. The van der Waals surface area contributed by atoms with E-state index in [0.29, 0.717) is 12.1 Å². The summed E-state index contributed by atoms with van der Waals surface area (Å²) in [5.41, 5.74) is 3.80. The first-order valence-corrected chi connectivity index (χ1v) is 11.8. The number of piperidine rings is 1. The Bertz CT molecular complexity index is 954. The number of hydrogen-bond acceptors (Lipinski definition) is 2. The summed E-state index contributed by atoms with van der Waals surface area (Å²) in [7, 11) is 2.48. The van der Waals surface area contributed by atoms with Gasteiger partial charge in [0.2, 0.25) is 0 Å². The number of ether oxygens (including phenoxy) is 1. The van der Waals surface area contributed by atoms with Gasteiger partial charge in [-0.15, -0.1) is 0 Å². The molecule has 2 aromatic rings. The molecule has 2 bridgehead atoms. The number of rotatable bonds is 4. The van der Waals surface area contributed by atoms with E-state index >= 15 is 0 Å². The number of halogens is 1. The van der Waals surface area contributed by atoms with Crippen molar-refractivity contribution in [2.75, 3.05) is 13.6 Å². The summed E-state index contributed by atoms with van der Waals surface area (Å²) in [6, 6.07) is 18.0. The molecule has 3 fully saturated rings. The Morgan fingerprint density at radius 1 is 0.935 bits per heavy atom. The number of benzene rings is 2. The molecule has 2 saturated heterocycles. The quantitative estimate of drug-likeness (QED) is 0.493. The number of nitrogens with zero attached hydrogens (tertiary/aromatic N) is 1. The van der Waals surface area contributed by atoms with Gasteiger partial charge in [-0.3, -0.25) is 4.79 Å². The van der Waals surface area contributed by atoms with Crippen LogP contribution in [0, 0.1) is 5.92 Å². The fourth-order valence-corrected chi connectivity index (χ4v) is 6.89. The maximum Gasteiger partial charge on any atom is 0.321 e. The van der Waals surface area contributed by atoms with Crippen LogP contribution in [0.2, 0.25) is 0 Å². The third-order valence-corrected chi connectivity index (χ3v) is 8.82. The second-order valence-electron chi connectivity index (χ2n) is 10.6. The van der Waals surface area contributed by atoms with Gasteiger partial charge in [0.1, 0.15) is 11.5 Å². The van der Waals surface area contributed by atoms with Gasteiger partial charge >= 0.3 is 5.97 Å². The van der Waals surface area contributed by atoms with Crippen LogP contribution in [0.15, 0.2) is 48.5 Å². The van der Waals surface area contributed by atoms with Crippen molar-refractivity contribution in [2.45, 2.75) is 69.1 Å². The number of quaternary nitrogens is 1. The Morgan fingerprint density at radius 2 is 1.45 bits per heavy atom. The molecule has 4 aliphatic rings. The van der Waals surface area contributed by atoms with E-state index in [1.165, 1.54) is 47.8 Å². The molecule has 2 atom stereocenters. The van der Waals surface area contributed by atoms with Gasteiger partial charge < -0.3 is 26.2 Å². The van der Waals surface area contributed by atoms with E-state index < -0.39 is 5.41 Å². The maximum absolute atomic E-state index is 13.7. The molecule has 1 saturated carbocycles. The second kappa shape index (κ2) is 7.45. The highest BCUT2D eigenvalue weighted by atomic mass is 79.9. The molecule has 2 aliphatic carbocycles. The first-order valence-electron chi connectivity index (χ1n) is 11.8. The number of hydrogen-bond donors (Lipinski definition) is 0. The zero-order valence-corrected chi connectivity index (χ0v) is 20.1. The Labute approximate surface area is 196 Å². The lowest BCUT2D eigenvalue weighted by atomic mass is 9.80. The topological polar surface area (TPSA) is 26.3 Å². The fourth-order valence-electron chi connectivity index (χ4n) is 6.89. The van der Waals surface area contributed by atoms with Gasteiger partial charge in [-0.25, -0.2) is 0 Å². The molecule has 0 amide bonds. The number of fused-ring (bicyclic) bond motifs is 5. The molecule has 2 unspecified atom stereocenters. The van der Waals surface area contributed by atoms with Crippen LogP contribution in [-0.2, 0) is 14.9 Å².